The molecule has 3 nitrogen and oxygen atoms in total. The van der Waals surface area contributed by atoms with Crippen molar-refractivity contribution >= 4 is 33.7 Å². The van der Waals surface area contributed by atoms with E-state index in [1.807, 2.05) is 36.4 Å². The van der Waals surface area contributed by atoms with E-state index < -0.39 is 5.41 Å². The molecule has 3 heteroatoms. The standard InChI is InChI=1S/C50H31N3/c1-3-16-34(17-4-1)47-51-48(35-18-5-2-6-19-35)53-49(52-47)36-30-29-33-28-27-32-15-7-13-25-42(32)50(44(33)31-36)43-26-14-12-24-41(43)45-39-22-10-8-20-37(39)38-21-9-11-23-40(38)46(45)50/h1-31H. The number of rotatable bonds is 3. The van der Waals surface area contributed by atoms with Crippen LogP contribution in [0.25, 0.3) is 79.0 Å². The van der Waals surface area contributed by atoms with Gasteiger partial charge in [-0.15, -0.1) is 0 Å². The lowest BCUT2D eigenvalue weighted by Crippen LogP contribution is -2.30. The second kappa shape index (κ2) is 11.5. The van der Waals surface area contributed by atoms with Crippen LogP contribution in [0.5, 0.6) is 0 Å². The first kappa shape index (κ1) is 29.7. The largest absolute Gasteiger partial charge is 0.208 e. The summed E-state index contributed by atoms with van der Waals surface area (Å²) in [5.41, 5.74) is 12.3. The molecule has 2 aliphatic rings. The average Bonchev–Trinajstić information content (AvgIpc) is 3.47. The number of aromatic nitrogens is 3. The molecular weight excluding hydrogens is 643 g/mol. The van der Waals surface area contributed by atoms with Gasteiger partial charge in [0.15, 0.2) is 17.5 Å². The maximum atomic E-state index is 5.17. The van der Waals surface area contributed by atoms with Gasteiger partial charge < -0.3 is 0 Å². The molecule has 246 valence electrons. The highest BCUT2D eigenvalue weighted by Gasteiger charge is 2.50. The minimum atomic E-state index is -0.626. The molecule has 1 atom stereocenters. The second-order valence-corrected chi connectivity index (χ2v) is 13.9. The molecule has 0 bridgehead atoms. The van der Waals surface area contributed by atoms with Crippen LogP contribution in [0.1, 0.15) is 33.4 Å². The Kier molecular flexibility index (Phi) is 6.47. The highest BCUT2D eigenvalue weighted by atomic mass is 15.0. The SMILES string of the molecule is C1=Cc2ccc(-c3nc(-c4ccccc4)nc(-c4ccccc4)n3)cc2C2(c3ccccc31)c1ccccc1-c1c2c2ccccc2c2ccccc12. The van der Waals surface area contributed by atoms with E-state index in [9.17, 15) is 0 Å². The van der Waals surface area contributed by atoms with E-state index in [-0.39, 0.29) is 0 Å². The maximum absolute atomic E-state index is 5.17. The summed E-state index contributed by atoms with van der Waals surface area (Å²) in [4.78, 5) is 15.3. The Balaban J connectivity index is 1.27. The fraction of sp³-hybridized carbons (Fsp3) is 0.0200. The molecular formula is C50H31N3. The van der Waals surface area contributed by atoms with Crippen molar-refractivity contribution < 1.29 is 0 Å². The van der Waals surface area contributed by atoms with Crippen molar-refractivity contribution in [3.05, 3.63) is 209 Å². The molecule has 1 aromatic heterocycles. The molecule has 1 heterocycles. The van der Waals surface area contributed by atoms with Gasteiger partial charge >= 0.3 is 0 Å². The first-order valence-electron chi connectivity index (χ1n) is 18.1. The molecule has 11 rings (SSSR count). The topological polar surface area (TPSA) is 38.7 Å². The van der Waals surface area contributed by atoms with Gasteiger partial charge in [0.2, 0.25) is 0 Å². The molecule has 0 N–H and O–H groups in total. The molecule has 0 radical (unpaired) electrons. The third kappa shape index (κ3) is 4.31. The summed E-state index contributed by atoms with van der Waals surface area (Å²) in [5, 5.41) is 5.08. The van der Waals surface area contributed by atoms with Crippen LogP contribution in [0.3, 0.4) is 0 Å². The normalized spacial score (nSPS) is 15.2. The lowest BCUT2D eigenvalue weighted by atomic mass is 9.64. The number of hydrogen-bond donors (Lipinski definition) is 0. The molecule has 9 aromatic rings. The van der Waals surface area contributed by atoms with E-state index in [2.05, 4.69) is 152 Å². The lowest BCUT2D eigenvalue weighted by molar-refractivity contribution is 0.773. The van der Waals surface area contributed by atoms with E-state index in [1.54, 1.807) is 0 Å². The Hall–Kier alpha value is -6.97. The van der Waals surface area contributed by atoms with Gasteiger partial charge in [0, 0.05) is 16.7 Å². The molecule has 8 aromatic carbocycles. The van der Waals surface area contributed by atoms with Gasteiger partial charge in [0.05, 0.1) is 5.41 Å². The van der Waals surface area contributed by atoms with Gasteiger partial charge in [-0.2, -0.15) is 0 Å². The predicted molar refractivity (Wildman–Crippen MR) is 217 cm³/mol. The molecule has 0 fully saturated rings. The summed E-state index contributed by atoms with van der Waals surface area (Å²) in [6, 6.07) is 63.0. The summed E-state index contributed by atoms with van der Waals surface area (Å²) >= 11 is 0. The molecule has 0 saturated heterocycles. The zero-order chi connectivity index (χ0) is 34.9. The zero-order valence-electron chi connectivity index (χ0n) is 28.7. The summed E-state index contributed by atoms with van der Waals surface area (Å²) in [7, 11) is 0. The van der Waals surface area contributed by atoms with Gasteiger partial charge in [-0.3, -0.25) is 0 Å². The van der Waals surface area contributed by atoms with Crippen LogP contribution in [-0.4, -0.2) is 15.0 Å². The van der Waals surface area contributed by atoms with Crippen molar-refractivity contribution in [1.29, 1.82) is 0 Å². The molecule has 0 saturated carbocycles. The van der Waals surface area contributed by atoms with Crippen LogP contribution in [0.4, 0.5) is 0 Å². The van der Waals surface area contributed by atoms with E-state index >= 15 is 0 Å². The predicted octanol–water partition coefficient (Wildman–Crippen LogP) is 12.0. The Labute approximate surface area is 307 Å². The zero-order valence-corrected chi connectivity index (χ0v) is 28.7. The van der Waals surface area contributed by atoms with Crippen LogP contribution < -0.4 is 0 Å². The Morgan fingerprint density at radius 3 is 1.51 bits per heavy atom. The van der Waals surface area contributed by atoms with Crippen LogP contribution in [0.2, 0.25) is 0 Å². The van der Waals surface area contributed by atoms with Gasteiger partial charge in [-0.25, -0.2) is 15.0 Å². The van der Waals surface area contributed by atoms with Crippen molar-refractivity contribution in [2.75, 3.05) is 0 Å². The van der Waals surface area contributed by atoms with Crippen molar-refractivity contribution in [1.82, 2.24) is 15.0 Å². The molecule has 1 spiro atoms. The van der Waals surface area contributed by atoms with Crippen molar-refractivity contribution in [3.63, 3.8) is 0 Å². The van der Waals surface area contributed by atoms with Crippen molar-refractivity contribution in [2.45, 2.75) is 5.41 Å². The first-order chi connectivity index (χ1) is 26.3. The van der Waals surface area contributed by atoms with Gasteiger partial charge in [-0.05, 0) is 72.1 Å². The summed E-state index contributed by atoms with van der Waals surface area (Å²) < 4.78 is 0. The number of benzene rings is 8. The number of nitrogens with zero attached hydrogens (tertiary/aromatic N) is 3. The van der Waals surface area contributed by atoms with E-state index in [0.717, 1.165) is 16.7 Å². The summed E-state index contributed by atoms with van der Waals surface area (Å²) in [6.45, 7) is 0. The fourth-order valence-electron chi connectivity index (χ4n) is 8.94. The van der Waals surface area contributed by atoms with E-state index in [1.165, 1.54) is 66.1 Å². The maximum Gasteiger partial charge on any atom is 0.164 e. The second-order valence-electron chi connectivity index (χ2n) is 13.9. The van der Waals surface area contributed by atoms with Crippen LogP contribution in [0.15, 0.2) is 176 Å². The van der Waals surface area contributed by atoms with Crippen LogP contribution in [-0.2, 0) is 5.41 Å². The molecule has 1 unspecified atom stereocenters. The van der Waals surface area contributed by atoms with Crippen LogP contribution in [0, 0.1) is 0 Å². The summed E-state index contributed by atoms with van der Waals surface area (Å²) in [6.07, 6.45) is 4.57. The minimum Gasteiger partial charge on any atom is -0.208 e. The Bertz CT molecular complexity index is 2890. The highest BCUT2D eigenvalue weighted by Crippen LogP contribution is 2.62. The quantitative estimate of drug-likeness (QED) is 0.175. The Morgan fingerprint density at radius 1 is 0.340 bits per heavy atom. The highest BCUT2D eigenvalue weighted by molar-refractivity contribution is 6.19. The fourth-order valence-corrected chi connectivity index (χ4v) is 8.94. The summed E-state index contributed by atoms with van der Waals surface area (Å²) in [5.74, 6) is 1.95. The number of fused-ring (bicyclic) bond motifs is 14. The molecule has 2 aliphatic carbocycles. The first-order valence-corrected chi connectivity index (χ1v) is 18.1. The van der Waals surface area contributed by atoms with Crippen molar-refractivity contribution in [2.24, 2.45) is 0 Å². The monoisotopic (exact) mass is 673 g/mol. The third-order valence-electron chi connectivity index (χ3n) is 11.1. The Morgan fingerprint density at radius 2 is 0.830 bits per heavy atom. The number of hydrogen-bond acceptors (Lipinski definition) is 3. The molecule has 0 amide bonds. The van der Waals surface area contributed by atoms with Crippen LogP contribution >= 0.6 is 0 Å². The third-order valence-corrected chi connectivity index (χ3v) is 11.1. The van der Waals surface area contributed by atoms with Gasteiger partial charge in [0.25, 0.3) is 0 Å². The van der Waals surface area contributed by atoms with Gasteiger partial charge in [0.1, 0.15) is 0 Å². The van der Waals surface area contributed by atoms with Gasteiger partial charge in [-0.1, -0.05) is 182 Å². The van der Waals surface area contributed by atoms with Crippen molar-refractivity contribution in [3.8, 4) is 45.3 Å². The smallest absolute Gasteiger partial charge is 0.164 e. The molecule has 53 heavy (non-hydrogen) atoms. The minimum absolute atomic E-state index is 0.626. The average molecular weight is 674 g/mol. The lowest BCUT2D eigenvalue weighted by Gasteiger charge is -2.36. The van der Waals surface area contributed by atoms with E-state index in [4.69, 9.17) is 15.0 Å². The molecule has 0 aliphatic heterocycles. The van der Waals surface area contributed by atoms with E-state index in [0.29, 0.717) is 17.5 Å².